The van der Waals surface area contributed by atoms with Crippen molar-refractivity contribution in [3.8, 4) is 44.9 Å². The molecule has 0 saturated heterocycles. The van der Waals surface area contributed by atoms with Gasteiger partial charge in [-0.1, -0.05) is 194 Å². The lowest BCUT2D eigenvalue weighted by atomic mass is 9.63. The van der Waals surface area contributed by atoms with Crippen LogP contribution in [-0.4, -0.2) is 0 Å². The zero-order chi connectivity index (χ0) is 38.0. The fraction of sp³-hybridized carbons (Fsp3) is 0.0182. The summed E-state index contributed by atoms with van der Waals surface area (Å²) < 4.78 is 6.96. The van der Waals surface area contributed by atoms with Crippen molar-refractivity contribution < 1.29 is 4.74 Å². The molecule has 2 heteroatoms. The van der Waals surface area contributed by atoms with Gasteiger partial charge in [0.05, 0.1) is 5.41 Å². The Bertz CT molecular complexity index is 2640. The van der Waals surface area contributed by atoms with E-state index in [-0.39, 0.29) is 0 Å². The molecule has 0 aromatic heterocycles. The molecule has 0 N–H and O–H groups in total. The van der Waals surface area contributed by atoms with E-state index in [1.54, 1.807) is 0 Å². The SMILES string of the molecule is c1ccc(-c2ccc(N(c3ccc(-c4ccccc4)cc3)c3ccc(-c4cccc5c4Oc4ccccc4C5(c4ccccc4)c4ccccc4)cc3)cc2)cc1. The molecule has 0 bridgehead atoms. The maximum absolute atomic E-state index is 6.96. The second-order valence-electron chi connectivity index (χ2n) is 14.5. The minimum absolute atomic E-state index is 0.572. The third-order valence-electron chi connectivity index (χ3n) is 11.2. The molecule has 1 aliphatic rings. The summed E-state index contributed by atoms with van der Waals surface area (Å²) in [6.45, 7) is 0. The molecule has 0 saturated carbocycles. The van der Waals surface area contributed by atoms with Gasteiger partial charge in [-0.2, -0.15) is 0 Å². The number of anilines is 3. The Balaban J connectivity index is 1.09. The summed E-state index contributed by atoms with van der Waals surface area (Å²) in [6, 6.07) is 84.5. The van der Waals surface area contributed by atoms with Gasteiger partial charge in [0.15, 0.2) is 0 Å². The van der Waals surface area contributed by atoms with E-state index in [9.17, 15) is 0 Å². The van der Waals surface area contributed by atoms with Gasteiger partial charge in [0.2, 0.25) is 0 Å². The molecule has 0 aliphatic carbocycles. The number of benzene rings is 9. The molecular weight excluding hydrogens is 691 g/mol. The molecule has 57 heavy (non-hydrogen) atoms. The van der Waals surface area contributed by atoms with Crippen LogP contribution < -0.4 is 9.64 Å². The van der Waals surface area contributed by atoms with E-state index in [4.69, 9.17) is 4.74 Å². The summed E-state index contributed by atoms with van der Waals surface area (Å²) in [6.07, 6.45) is 0. The lowest BCUT2D eigenvalue weighted by Crippen LogP contribution is -2.34. The predicted molar refractivity (Wildman–Crippen MR) is 236 cm³/mol. The molecule has 0 atom stereocenters. The first-order valence-corrected chi connectivity index (χ1v) is 19.5. The Hall–Kier alpha value is -7.42. The maximum atomic E-state index is 6.96. The first kappa shape index (κ1) is 34.1. The van der Waals surface area contributed by atoms with Crippen LogP contribution in [0.25, 0.3) is 33.4 Å². The van der Waals surface area contributed by atoms with Crippen LogP contribution in [0.1, 0.15) is 22.3 Å². The van der Waals surface area contributed by atoms with Crippen molar-refractivity contribution >= 4 is 17.1 Å². The summed E-state index contributed by atoms with van der Waals surface area (Å²) in [7, 11) is 0. The second-order valence-corrected chi connectivity index (χ2v) is 14.5. The van der Waals surface area contributed by atoms with Crippen LogP contribution in [0.2, 0.25) is 0 Å². The van der Waals surface area contributed by atoms with Crippen molar-refractivity contribution in [1.82, 2.24) is 0 Å². The van der Waals surface area contributed by atoms with Crippen LogP contribution in [0.4, 0.5) is 17.1 Å². The monoisotopic (exact) mass is 729 g/mol. The molecule has 10 rings (SSSR count). The number of para-hydroxylation sites is 2. The normalized spacial score (nSPS) is 12.5. The van der Waals surface area contributed by atoms with Crippen LogP contribution in [0, 0.1) is 0 Å². The first-order chi connectivity index (χ1) is 28.3. The highest BCUT2D eigenvalue weighted by atomic mass is 16.5. The van der Waals surface area contributed by atoms with Crippen molar-refractivity contribution in [2.45, 2.75) is 5.41 Å². The average molecular weight is 730 g/mol. The summed E-state index contributed by atoms with van der Waals surface area (Å²) >= 11 is 0. The van der Waals surface area contributed by atoms with Gasteiger partial charge in [-0.15, -0.1) is 0 Å². The van der Waals surface area contributed by atoms with Crippen LogP contribution in [0.5, 0.6) is 11.5 Å². The predicted octanol–water partition coefficient (Wildman–Crippen LogP) is 14.6. The van der Waals surface area contributed by atoms with Crippen molar-refractivity contribution in [1.29, 1.82) is 0 Å². The van der Waals surface area contributed by atoms with Gasteiger partial charge < -0.3 is 9.64 Å². The van der Waals surface area contributed by atoms with Crippen LogP contribution in [0.15, 0.2) is 237 Å². The maximum Gasteiger partial charge on any atom is 0.140 e. The highest BCUT2D eigenvalue weighted by Crippen LogP contribution is 2.57. The molecule has 0 amide bonds. The molecule has 0 spiro atoms. The topological polar surface area (TPSA) is 12.5 Å². The summed E-state index contributed by atoms with van der Waals surface area (Å²) in [5.74, 6) is 1.74. The summed E-state index contributed by atoms with van der Waals surface area (Å²) in [5.41, 5.74) is 14.2. The minimum Gasteiger partial charge on any atom is -0.456 e. The highest BCUT2D eigenvalue weighted by molar-refractivity contribution is 5.84. The van der Waals surface area contributed by atoms with Crippen molar-refractivity contribution in [2.75, 3.05) is 4.90 Å². The number of nitrogens with zero attached hydrogens (tertiary/aromatic N) is 1. The van der Waals surface area contributed by atoms with E-state index in [2.05, 4.69) is 241 Å². The second kappa shape index (κ2) is 14.7. The van der Waals surface area contributed by atoms with Gasteiger partial charge in [0, 0.05) is 33.8 Å². The van der Waals surface area contributed by atoms with Crippen LogP contribution >= 0.6 is 0 Å². The smallest absolute Gasteiger partial charge is 0.140 e. The van der Waals surface area contributed by atoms with Gasteiger partial charge in [-0.05, 0) is 81.4 Å². The van der Waals surface area contributed by atoms with E-state index in [1.165, 1.54) is 33.4 Å². The Morgan fingerprint density at radius 3 is 1.18 bits per heavy atom. The van der Waals surface area contributed by atoms with E-state index in [0.29, 0.717) is 0 Å². The summed E-state index contributed by atoms with van der Waals surface area (Å²) in [4.78, 5) is 2.33. The van der Waals surface area contributed by atoms with Crippen LogP contribution in [0.3, 0.4) is 0 Å². The number of fused-ring (bicyclic) bond motifs is 2. The van der Waals surface area contributed by atoms with Gasteiger partial charge >= 0.3 is 0 Å². The summed E-state index contributed by atoms with van der Waals surface area (Å²) in [5, 5.41) is 0. The zero-order valence-corrected chi connectivity index (χ0v) is 31.4. The molecule has 0 fully saturated rings. The van der Waals surface area contributed by atoms with E-state index >= 15 is 0 Å². The average Bonchev–Trinajstić information content (AvgIpc) is 3.30. The standard InChI is InChI=1S/C55H39NO/c1-5-16-40(17-6-1)42-28-34-47(35-29-42)56(48-36-30-43(31-37-48)41-18-7-2-8-19-41)49-38-32-44(33-39-49)50-24-15-26-52-54(50)57-53-27-14-13-25-51(53)55(52,45-20-9-3-10-21-45)46-22-11-4-12-23-46/h1-39H. The third-order valence-corrected chi connectivity index (χ3v) is 11.2. The molecule has 1 heterocycles. The number of rotatable bonds is 8. The van der Waals surface area contributed by atoms with E-state index in [0.717, 1.165) is 50.8 Å². The van der Waals surface area contributed by atoms with Gasteiger partial charge in [-0.3, -0.25) is 0 Å². The Morgan fingerprint density at radius 1 is 0.298 bits per heavy atom. The molecule has 1 aliphatic heterocycles. The Labute approximate surface area is 334 Å². The van der Waals surface area contributed by atoms with Crippen LogP contribution in [-0.2, 0) is 5.41 Å². The highest BCUT2D eigenvalue weighted by Gasteiger charge is 2.45. The minimum atomic E-state index is -0.572. The van der Waals surface area contributed by atoms with Gasteiger partial charge in [0.1, 0.15) is 11.5 Å². The Kier molecular flexibility index (Phi) is 8.78. The molecular formula is C55H39NO. The van der Waals surface area contributed by atoms with E-state index in [1.807, 2.05) is 0 Å². The lowest BCUT2D eigenvalue weighted by Gasteiger charge is -2.42. The first-order valence-electron chi connectivity index (χ1n) is 19.5. The van der Waals surface area contributed by atoms with E-state index < -0.39 is 5.41 Å². The van der Waals surface area contributed by atoms with Crippen molar-refractivity contribution in [2.24, 2.45) is 0 Å². The number of ether oxygens (including phenoxy) is 1. The fourth-order valence-corrected chi connectivity index (χ4v) is 8.56. The van der Waals surface area contributed by atoms with Gasteiger partial charge in [-0.25, -0.2) is 0 Å². The number of hydrogen-bond donors (Lipinski definition) is 0. The molecule has 0 radical (unpaired) electrons. The largest absolute Gasteiger partial charge is 0.456 e. The molecule has 0 unspecified atom stereocenters. The Morgan fingerprint density at radius 2 is 0.684 bits per heavy atom. The van der Waals surface area contributed by atoms with Gasteiger partial charge in [0.25, 0.3) is 0 Å². The molecule has 9 aromatic rings. The lowest BCUT2D eigenvalue weighted by molar-refractivity contribution is 0.436. The molecule has 270 valence electrons. The third kappa shape index (κ3) is 6.09. The quantitative estimate of drug-likeness (QED) is 0.154. The molecule has 9 aromatic carbocycles. The molecule has 2 nitrogen and oxygen atoms in total. The van der Waals surface area contributed by atoms with Crippen molar-refractivity contribution in [3.63, 3.8) is 0 Å². The number of hydrogen-bond acceptors (Lipinski definition) is 2. The fourth-order valence-electron chi connectivity index (χ4n) is 8.56. The zero-order valence-electron chi connectivity index (χ0n) is 31.4. The van der Waals surface area contributed by atoms with Crippen molar-refractivity contribution in [3.05, 3.63) is 259 Å².